The Labute approximate surface area is 181 Å². The number of rotatable bonds is 5. The van der Waals surface area contributed by atoms with Gasteiger partial charge in [0.1, 0.15) is 23.0 Å². The first-order valence-electron chi connectivity index (χ1n) is 10.5. The number of carbonyl (C=O) groups excluding carboxylic acids is 1. The van der Waals surface area contributed by atoms with Gasteiger partial charge in [0.15, 0.2) is 5.78 Å². The van der Waals surface area contributed by atoms with Crippen LogP contribution in [0.15, 0.2) is 103 Å². The van der Waals surface area contributed by atoms with E-state index in [9.17, 15) is 4.79 Å². The molecule has 0 aliphatic heterocycles. The lowest BCUT2D eigenvalue weighted by molar-refractivity contribution is 0.0969. The van der Waals surface area contributed by atoms with Crippen LogP contribution in [0.25, 0.3) is 0 Å². The molecule has 0 fully saturated rings. The van der Waals surface area contributed by atoms with E-state index >= 15 is 0 Å². The highest BCUT2D eigenvalue weighted by atomic mass is 16.5. The van der Waals surface area contributed by atoms with Gasteiger partial charge >= 0.3 is 0 Å². The van der Waals surface area contributed by atoms with E-state index in [0.29, 0.717) is 6.42 Å². The Balaban J connectivity index is 1.42. The van der Waals surface area contributed by atoms with Gasteiger partial charge in [-0.2, -0.15) is 0 Å². The Morgan fingerprint density at radius 3 is 1.81 bits per heavy atom. The number of ketones is 1. The quantitative estimate of drug-likeness (QED) is 0.347. The number of hydrogen-bond donors (Lipinski definition) is 0. The van der Waals surface area contributed by atoms with Crippen LogP contribution in [0.2, 0.25) is 0 Å². The van der Waals surface area contributed by atoms with Crippen LogP contribution in [-0.4, -0.2) is 5.78 Å². The van der Waals surface area contributed by atoms with Crippen LogP contribution in [0.1, 0.15) is 40.2 Å². The highest BCUT2D eigenvalue weighted by molar-refractivity contribution is 5.99. The summed E-state index contributed by atoms with van der Waals surface area (Å²) in [5.74, 6) is 3.48. The van der Waals surface area contributed by atoms with E-state index in [2.05, 4.69) is 12.1 Å². The van der Waals surface area contributed by atoms with Gasteiger partial charge in [-0.3, -0.25) is 4.79 Å². The van der Waals surface area contributed by atoms with Crippen molar-refractivity contribution in [3.05, 3.63) is 120 Å². The minimum atomic E-state index is 0.151. The van der Waals surface area contributed by atoms with Crippen LogP contribution in [0, 0.1) is 0 Å². The molecule has 0 bridgehead atoms. The normalized spacial score (nSPS) is 15.2. The number of benzene rings is 4. The van der Waals surface area contributed by atoms with E-state index in [4.69, 9.17) is 9.47 Å². The van der Waals surface area contributed by atoms with Gasteiger partial charge in [-0.15, -0.1) is 0 Å². The molecule has 0 heterocycles. The molecule has 0 saturated carbocycles. The van der Waals surface area contributed by atoms with Crippen LogP contribution >= 0.6 is 0 Å². The monoisotopic (exact) mass is 406 g/mol. The number of Topliss-reactive ketones (excluding diaryl/α,β-unsaturated/α-hetero) is 1. The smallest absolute Gasteiger partial charge is 0.163 e. The van der Waals surface area contributed by atoms with Gasteiger partial charge in [-0.1, -0.05) is 48.5 Å². The average Bonchev–Trinajstić information content (AvgIpc) is 2.81. The number of hydrogen-bond acceptors (Lipinski definition) is 3. The summed E-state index contributed by atoms with van der Waals surface area (Å²) in [6.45, 7) is 0. The van der Waals surface area contributed by atoms with Crippen molar-refractivity contribution in [1.82, 2.24) is 0 Å². The molecule has 0 spiro atoms. The number of para-hydroxylation sites is 2. The maximum absolute atomic E-state index is 12.5. The molecule has 1 unspecified atom stereocenters. The average molecular weight is 406 g/mol. The Hall–Kier alpha value is -3.85. The summed E-state index contributed by atoms with van der Waals surface area (Å²) < 4.78 is 11.9. The molecule has 4 aromatic rings. The lowest BCUT2D eigenvalue weighted by Crippen LogP contribution is -2.16. The van der Waals surface area contributed by atoms with Crippen molar-refractivity contribution in [1.29, 1.82) is 0 Å². The van der Waals surface area contributed by atoms with Crippen LogP contribution in [0.5, 0.6) is 23.0 Å². The third-order valence-corrected chi connectivity index (χ3v) is 5.60. The maximum atomic E-state index is 12.5. The van der Waals surface area contributed by atoms with Gasteiger partial charge in [-0.05, 0) is 72.1 Å². The SMILES string of the molecule is O=C1CCC(c2ccc(Oc3ccccc3)cc2)c2cc(Oc3ccccc3)ccc21. The van der Waals surface area contributed by atoms with Crippen molar-refractivity contribution in [3.8, 4) is 23.0 Å². The molecule has 0 N–H and O–H groups in total. The standard InChI is InChI=1S/C28H22O3/c29-28-18-17-25(20-11-13-23(14-12-20)30-21-7-3-1-4-8-21)27-19-24(15-16-26(27)28)31-22-9-5-2-6-10-22/h1-16,19,25H,17-18H2. The molecule has 1 aliphatic rings. The second kappa shape index (κ2) is 8.49. The minimum Gasteiger partial charge on any atom is -0.457 e. The molecule has 3 nitrogen and oxygen atoms in total. The van der Waals surface area contributed by atoms with E-state index < -0.39 is 0 Å². The van der Waals surface area contributed by atoms with Crippen molar-refractivity contribution in [3.63, 3.8) is 0 Å². The first-order chi connectivity index (χ1) is 15.3. The highest BCUT2D eigenvalue weighted by Crippen LogP contribution is 2.39. The lowest BCUT2D eigenvalue weighted by atomic mass is 9.78. The summed E-state index contributed by atoms with van der Waals surface area (Å²) in [7, 11) is 0. The Kier molecular flexibility index (Phi) is 5.24. The van der Waals surface area contributed by atoms with Gasteiger partial charge in [0.05, 0.1) is 0 Å². The molecule has 0 aromatic heterocycles. The summed E-state index contributed by atoms with van der Waals surface area (Å²) >= 11 is 0. The molecule has 3 heteroatoms. The first kappa shape index (κ1) is 19.1. The molecule has 0 saturated heterocycles. The van der Waals surface area contributed by atoms with Crippen molar-refractivity contribution < 1.29 is 14.3 Å². The van der Waals surface area contributed by atoms with Gasteiger partial charge < -0.3 is 9.47 Å². The van der Waals surface area contributed by atoms with E-state index in [1.54, 1.807) is 0 Å². The second-order valence-corrected chi connectivity index (χ2v) is 7.66. The fraction of sp³-hybridized carbons (Fsp3) is 0.107. The third-order valence-electron chi connectivity index (χ3n) is 5.60. The van der Waals surface area contributed by atoms with Crippen LogP contribution in [-0.2, 0) is 0 Å². The number of fused-ring (bicyclic) bond motifs is 1. The van der Waals surface area contributed by atoms with Gasteiger partial charge in [0, 0.05) is 17.9 Å². The predicted molar refractivity (Wildman–Crippen MR) is 121 cm³/mol. The van der Waals surface area contributed by atoms with Crippen molar-refractivity contribution in [2.75, 3.05) is 0 Å². The molecule has 0 amide bonds. The molecule has 4 aromatic carbocycles. The fourth-order valence-corrected chi connectivity index (χ4v) is 4.08. The van der Waals surface area contributed by atoms with Crippen LogP contribution in [0.4, 0.5) is 0 Å². The van der Waals surface area contributed by atoms with E-state index in [1.165, 1.54) is 5.56 Å². The topological polar surface area (TPSA) is 35.5 Å². The molecule has 0 radical (unpaired) electrons. The second-order valence-electron chi connectivity index (χ2n) is 7.66. The van der Waals surface area contributed by atoms with Crippen LogP contribution < -0.4 is 9.47 Å². The minimum absolute atomic E-state index is 0.151. The molecular formula is C28H22O3. The zero-order valence-corrected chi connectivity index (χ0v) is 17.0. The Bertz CT molecular complexity index is 1180. The van der Waals surface area contributed by atoms with Gasteiger partial charge in [0.25, 0.3) is 0 Å². The summed E-state index contributed by atoms with van der Waals surface area (Å²) in [5.41, 5.74) is 2.99. The molecule has 1 aliphatic carbocycles. The predicted octanol–water partition coefficient (Wildman–Crippen LogP) is 7.38. The van der Waals surface area contributed by atoms with E-state index in [0.717, 1.165) is 40.5 Å². The molecule has 152 valence electrons. The van der Waals surface area contributed by atoms with Gasteiger partial charge in [-0.25, -0.2) is 0 Å². The van der Waals surface area contributed by atoms with E-state index in [-0.39, 0.29) is 11.7 Å². The van der Waals surface area contributed by atoms with Crippen molar-refractivity contribution >= 4 is 5.78 Å². The van der Waals surface area contributed by atoms with Crippen molar-refractivity contribution in [2.45, 2.75) is 18.8 Å². The zero-order valence-electron chi connectivity index (χ0n) is 17.0. The summed E-state index contributed by atoms with van der Waals surface area (Å²) in [4.78, 5) is 12.5. The Morgan fingerprint density at radius 2 is 1.16 bits per heavy atom. The maximum Gasteiger partial charge on any atom is 0.163 e. The number of carbonyl (C=O) groups is 1. The third kappa shape index (κ3) is 4.22. The van der Waals surface area contributed by atoms with Crippen LogP contribution in [0.3, 0.4) is 0 Å². The molecule has 5 rings (SSSR count). The van der Waals surface area contributed by atoms with E-state index in [1.807, 2.05) is 91.0 Å². The summed E-state index contributed by atoms with van der Waals surface area (Å²) in [6, 6.07) is 33.4. The highest BCUT2D eigenvalue weighted by Gasteiger charge is 2.27. The summed E-state index contributed by atoms with van der Waals surface area (Å²) in [5, 5.41) is 0. The summed E-state index contributed by atoms with van der Waals surface area (Å²) in [6.07, 6.45) is 1.35. The molecular weight excluding hydrogens is 384 g/mol. The first-order valence-corrected chi connectivity index (χ1v) is 10.5. The molecule has 1 atom stereocenters. The van der Waals surface area contributed by atoms with Crippen molar-refractivity contribution in [2.24, 2.45) is 0 Å². The largest absolute Gasteiger partial charge is 0.457 e. The van der Waals surface area contributed by atoms with Gasteiger partial charge in [0.2, 0.25) is 0 Å². The Morgan fingerprint density at radius 1 is 0.613 bits per heavy atom. The zero-order chi connectivity index (χ0) is 21.0. The lowest BCUT2D eigenvalue weighted by Gasteiger charge is -2.26. The fourth-order valence-electron chi connectivity index (χ4n) is 4.08. The number of ether oxygens (including phenoxy) is 2. The molecule has 31 heavy (non-hydrogen) atoms.